The molecule has 0 radical (unpaired) electrons. The topological polar surface area (TPSA) is 20.3 Å². The summed E-state index contributed by atoms with van der Waals surface area (Å²) in [6, 6.07) is 8.39. The Balaban J connectivity index is 2.30. The van der Waals surface area contributed by atoms with Crippen LogP contribution in [0.5, 0.6) is 0 Å². The predicted octanol–water partition coefficient (Wildman–Crippen LogP) is 4.02. The molecule has 20 heavy (non-hydrogen) atoms. The van der Waals surface area contributed by atoms with Gasteiger partial charge in [-0.05, 0) is 73.1 Å². The molecule has 2 rings (SSSR count). The molecule has 108 valence electrons. The summed E-state index contributed by atoms with van der Waals surface area (Å²) in [7, 11) is 4.15. The van der Waals surface area contributed by atoms with E-state index in [1.54, 1.807) is 0 Å². The summed E-state index contributed by atoms with van der Waals surface area (Å²) in [5, 5.41) is 0. The highest BCUT2D eigenvalue weighted by Crippen LogP contribution is 2.34. The number of carbonyl (C=O) groups excluding carboxylic acids is 1. The zero-order valence-electron chi connectivity index (χ0n) is 12.2. The first-order valence-electron chi connectivity index (χ1n) is 7.31. The average Bonchev–Trinajstić information content (AvgIpc) is 2.46. The van der Waals surface area contributed by atoms with E-state index in [2.05, 4.69) is 59.7 Å². The summed E-state index contributed by atoms with van der Waals surface area (Å²) in [4.78, 5) is 13.8. The van der Waals surface area contributed by atoms with Crippen LogP contribution in [-0.4, -0.2) is 31.0 Å². The fraction of sp³-hybridized carbons (Fsp3) is 0.529. The number of rotatable bonds is 4. The van der Waals surface area contributed by atoms with Crippen LogP contribution < -0.4 is 0 Å². The standard InChI is InChI=1S/C17H22INO/c1-19(2)17(14-6-4-3-5-7-14)16(12-20)13-8-10-15(18)11-9-13/h8-11,14,17H,3-7H2,1-2H3. The summed E-state index contributed by atoms with van der Waals surface area (Å²) >= 11 is 2.29. The minimum atomic E-state index is 0.188. The number of benzene rings is 1. The Kier molecular flexibility index (Phi) is 5.82. The molecule has 1 fully saturated rings. The van der Waals surface area contributed by atoms with Crippen molar-refractivity contribution >= 4 is 34.1 Å². The molecule has 1 saturated carbocycles. The highest BCUT2D eigenvalue weighted by atomic mass is 127. The van der Waals surface area contributed by atoms with Crippen LogP contribution in [0.15, 0.2) is 24.3 Å². The summed E-state index contributed by atoms with van der Waals surface area (Å²) in [5.74, 6) is 2.82. The van der Waals surface area contributed by atoms with E-state index in [0.717, 1.165) is 11.1 Å². The molecular formula is C17H22INO. The summed E-state index contributed by atoms with van der Waals surface area (Å²) in [6.07, 6.45) is 6.35. The van der Waals surface area contributed by atoms with Gasteiger partial charge in [0.25, 0.3) is 0 Å². The van der Waals surface area contributed by atoms with E-state index in [0.29, 0.717) is 5.92 Å². The molecular weight excluding hydrogens is 361 g/mol. The van der Waals surface area contributed by atoms with E-state index in [1.165, 1.54) is 35.7 Å². The summed E-state index contributed by atoms with van der Waals surface area (Å²) in [6.45, 7) is 0. The van der Waals surface area contributed by atoms with E-state index < -0.39 is 0 Å². The van der Waals surface area contributed by atoms with Crippen LogP contribution in [0.25, 0.3) is 5.57 Å². The third-order valence-corrected chi connectivity index (χ3v) is 4.93. The molecule has 0 bridgehead atoms. The first kappa shape index (κ1) is 15.7. The molecule has 3 heteroatoms. The summed E-state index contributed by atoms with van der Waals surface area (Å²) in [5.41, 5.74) is 1.84. The number of halogens is 1. The van der Waals surface area contributed by atoms with E-state index in [1.807, 2.05) is 12.1 Å². The molecule has 0 amide bonds. The Morgan fingerprint density at radius 3 is 2.30 bits per heavy atom. The maximum atomic E-state index is 11.6. The smallest absolute Gasteiger partial charge is 0.130 e. The van der Waals surface area contributed by atoms with Crippen molar-refractivity contribution in [3.63, 3.8) is 0 Å². The summed E-state index contributed by atoms with van der Waals surface area (Å²) < 4.78 is 1.19. The minimum Gasteiger partial charge on any atom is -0.301 e. The van der Waals surface area contributed by atoms with Gasteiger partial charge in [0, 0.05) is 9.61 Å². The van der Waals surface area contributed by atoms with Crippen LogP contribution in [0, 0.1) is 9.49 Å². The van der Waals surface area contributed by atoms with Crippen LogP contribution in [0.3, 0.4) is 0 Å². The van der Waals surface area contributed by atoms with Gasteiger partial charge in [0.2, 0.25) is 0 Å². The lowest BCUT2D eigenvalue weighted by molar-refractivity contribution is 0.215. The molecule has 1 atom stereocenters. The Morgan fingerprint density at radius 2 is 1.80 bits per heavy atom. The zero-order chi connectivity index (χ0) is 14.5. The van der Waals surface area contributed by atoms with Crippen molar-refractivity contribution in [2.24, 2.45) is 5.92 Å². The highest BCUT2D eigenvalue weighted by molar-refractivity contribution is 14.1. The lowest BCUT2D eigenvalue weighted by Gasteiger charge is -2.35. The molecule has 0 spiro atoms. The number of likely N-dealkylation sites (N-methyl/N-ethyl adjacent to an activating group) is 1. The van der Waals surface area contributed by atoms with Crippen LogP contribution >= 0.6 is 22.6 Å². The molecule has 1 aliphatic rings. The molecule has 1 aromatic carbocycles. The predicted molar refractivity (Wildman–Crippen MR) is 92.3 cm³/mol. The third kappa shape index (κ3) is 3.72. The van der Waals surface area contributed by atoms with Crippen LogP contribution in [0.4, 0.5) is 0 Å². The molecule has 0 saturated heterocycles. The highest BCUT2D eigenvalue weighted by Gasteiger charge is 2.29. The lowest BCUT2D eigenvalue weighted by Crippen LogP contribution is -2.37. The van der Waals surface area contributed by atoms with Gasteiger partial charge in [0.1, 0.15) is 5.94 Å². The van der Waals surface area contributed by atoms with Gasteiger partial charge in [0.15, 0.2) is 0 Å². The molecule has 0 heterocycles. The fourth-order valence-electron chi connectivity index (χ4n) is 3.28. The maximum absolute atomic E-state index is 11.6. The van der Waals surface area contributed by atoms with Gasteiger partial charge in [-0.25, -0.2) is 4.79 Å². The first-order valence-corrected chi connectivity index (χ1v) is 8.38. The zero-order valence-corrected chi connectivity index (χ0v) is 14.4. The largest absolute Gasteiger partial charge is 0.301 e. The van der Waals surface area contributed by atoms with Crippen LogP contribution in [0.1, 0.15) is 37.7 Å². The quantitative estimate of drug-likeness (QED) is 0.578. The maximum Gasteiger partial charge on any atom is 0.130 e. The van der Waals surface area contributed by atoms with Crippen molar-refractivity contribution in [3.8, 4) is 0 Å². The van der Waals surface area contributed by atoms with E-state index in [-0.39, 0.29) is 6.04 Å². The van der Waals surface area contributed by atoms with Gasteiger partial charge in [-0.3, -0.25) is 0 Å². The van der Waals surface area contributed by atoms with Crippen LogP contribution in [0.2, 0.25) is 0 Å². The van der Waals surface area contributed by atoms with E-state index >= 15 is 0 Å². The van der Waals surface area contributed by atoms with Gasteiger partial charge < -0.3 is 4.90 Å². The van der Waals surface area contributed by atoms with E-state index in [4.69, 9.17) is 0 Å². The lowest BCUT2D eigenvalue weighted by atomic mass is 9.79. The Morgan fingerprint density at radius 1 is 1.20 bits per heavy atom. The molecule has 0 N–H and O–H groups in total. The van der Waals surface area contributed by atoms with Crippen molar-refractivity contribution < 1.29 is 4.79 Å². The molecule has 0 aliphatic heterocycles. The molecule has 1 unspecified atom stereocenters. The Bertz CT molecular complexity index is 482. The molecule has 1 aromatic rings. The fourth-order valence-corrected chi connectivity index (χ4v) is 3.64. The van der Waals surface area contributed by atoms with Crippen molar-refractivity contribution in [2.45, 2.75) is 38.1 Å². The van der Waals surface area contributed by atoms with Gasteiger partial charge in [-0.15, -0.1) is 0 Å². The number of hydrogen-bond acceptors (Lipinski definition) is 2. The molecule has 2 nitrogen and oxygen atoms in total. The second-order valence-corrected chi connectivity index (χ2v) is 7.07. The van der Waals surface area contributed by atoms with Crippen LogP contribution in [-0.2, 0) is 4.79 Å². The molecule has 0 aromatic heterocycles. The van der Waals surface area contributed by atoms with Crippen molar-refractivity contribution in [1.29, 1.82) is 0 Å². The second kappa shape index (κ2) is 7.39. The number of hydrogen-bond donors (Lipinski definition) is 0. The second-order valence-electron chi connectivity index (χ2n) is 5.83. The minimum absolute atomic E-state index is 0.188. The normalized spacial score (nSPS) is 17.8. The van der Waals surface area contributed by atoms with Gasteiger partial charge in [-0.2, -0.15) is 0 Å². The Hall–Kier alpha value is -0.640. The monoisotopic (exact) mass is 383 g/mol. The number of nitrogens with zero attached hydrogens (tertiary/aromatic N) is 1. The van der Waals surface area contributed by atoms with Gasteiger partial charge in [-0.1, -0.05) is 31.4 Å². The first-order chi connectivity index (χ1) is 9.63. The van der Waals surface area contributed by atoms with Crippen molar-refractivity contribution in [2.75, 3.05) is 14.1 Å². The van der Waals surface area contributed by atoms with Gasteiger partial charge in [0.05, 0.1) is 5.57 Å². The average molecular weight is 383 g/mol. The SMILES string of the molecule is CN(C)C(C(=C=O)c1ccc(I)cc1)C1CCCCC1. The molecule has 1 aliphatic carbocycles. The third-order valence-electron chi connectivity index (χ3n) is 4.21. The van der Waals surface area contributed by atoms with Gasteiger partial charge >= 0.3 is 0 Å². The van der Waals surface area contributed by atoms with Crippen molar-refractivity contribution in [3.05, 3.63) is 33.4 Å². The van der Waals surface area contributed by atoms with Crippen molar-refractivity contribution in [1.82, 2.24) is 4.90 Å². The van der Waals surface area contributed by atoms with E-state index in [9.17, 15) is 4.79 Å². The Labute approximate surface area is 135 Å².